The van der Waals surface area contributed by atoms with Gasteiger partial charge in [0.1, 0.15) is 17.7 Å². The number of carbonyl (C=O) groups is 3. The summed E-state index contributed by atoms with van der Waals surface area (Å²) in [5, 5.41) is 5.85. The largest absolute Gasteiger partial charge is 0.444 e. The smallest absolute Gasteiger partial charge is 0.408 e. The zero-order valence-corrected chi connectivity index (χ0v) is 21.8. The maximum absolute atomic E-state index is 13.6. The number of ether oxygens (including phenoxy) is 1. The van der Waals surface area contributed by atoms with E-state index in [9.17, 15) is 14.4 Å². The molecule has 0 saturated carbocycles. The third-order valence-electron chi connectivity index (χ3n) is 5.50. The Labute approximate surface area is 206 Å². The van der Waals surface area contributed by atoms with Crippen molar-refractivity contribution in [3.63, 3.8) is 0 Å². The highest BCUT2D eigenvalue weighted by atomic mass is 35.5. The van der Waals surface area contributed by atoms with Crippen LogP contribution >= 0.6 is 11.6 Å². The number of rotatable bonds is 6. The second-order valence-corrected chi connectivity index (χ2v) is 9.84. The van der Waals surface area contributed by atoms with Crippen LogP contribution in [0.25, 0.3) is 0 Å². The predicted octanol–water partition coefficient (Wildman–Crippen LogP) is 5.32. The zero-order chi connectivity index (χ0) is 25.8. The molecule has 8 heteroatoms. The van der Waals surface area contributed by atoms with Gasteiger partial charge in [0, 0.05) is 7.05 Å². The van der Waals surface area contributed by atoms with E-state index >= 15 is 0 Å². The number of halogens is 1. The van der Waals surface area contributed by atoms with Crippen LogP contribution in [0, 0.1) is 20.8 Å². The van der Waals surface area contributed by atoms with Gasteiger partial charge in [0.2, 0.25) is 5.91 Å². The number of alkyl carbamates (subject to hydrolysis) is 1. The van der Waals surface area contributed by atoms with E-state index in [0.29, 0.717) is 16.3 Å². The van der Waals surface area contributed by atoms with Crippen LogP contribution in [-0.4, -0.2) is 41.5 Å². The van der Waals surface area contributed by atoms with Crippen LogP contribution in [0.5, 0.6) is 0 Å². The molecule has 2 N–H and O–H groups in total. The van der Waals surface area contributed by atoms with Gasteiger partial charge in [0.05, 0.1) is 10.7 Å². The number of hydrogen-bond acceptors (Lipinski definition) is 4. The van der Waals surface area contributed by atoms with Crippen LogP contribution in [0.2, 0.25) is 5.02 Å². The number of para-hydroxylation sites is 1. The van der Waals surface area contributed by atoms with E-state index < -0.39 is 35.6 Å². The lowest BCUT2D eigenvalue weighted by Crippen LogP contribution is -2.49. The number of nitrogens with one attached hydrogen (secondary N) is 2. The fraction of sp³-hybridized carbons (Fsp3) is 0.423. The van der Waals surface area contributed by atoms with Gasteiger partial charge in [0.25, 0.3) is 5.91 Å². The first-order chi connectivity index (χ1) is 15.7. The number of aryl methyl sites for hydroxylation is 2. The Kier molecular flexibility index (Phi) is 8.72. The van der Waals surface area contributed by atoms with Crippen molar-refractivity contribution >= 4 is 35.2 Å². The SMILES string of the molecule is Cc1cccc(C(C(=O)Nc2c(C)cccc2Cl)N(C)C(=O)C(C)NC(=O)OC(C)(C)C)c1C. The number of hydrogen-bond donors (Lipinski definition) is 2. The van der Waals surface area contributed by atoms with Crippen LogP contribution in [0.1, 0.15) is 56.0 Å². The Morgan fingerprint density at radius 1 is 1.00 bits per heavy atom. The molecular weight excluding hydrogens is 454 g/mol. The molecule has 0 aliphatic heterocycles. The Balaban J connectivity index is 2.39. The third kappa shape index (κ3) is 6.73. The quantitative estimate of drug-likeness (QED) is 0.577. The Morgan fingerprint density at radius 2 is 1.59 bits per heavy atom. The van der Waals surface area contributed by atoms with Crippen molar-refractivity contribution in [2.75, 3.05) is 12.4 Å². The zero-order valence-electron chi connectivity index (χ0n) is 21.1. The van der Waals surface area contributed by atoms with Gasteiger partial charge in [-0.15, -0.1) is 0 Å². The molecule has 0 spiro atoms. The monoisotopic (exact) mass is 487 g/mol. The average Bonchev–Trinajstić information content (AvgIpc) is 2.72. The molecular formula is C26H34ClN3O4. The highest BCUT2D eigenvalue weighted by Crippen LogP contribution is 2.30. The number of carbonyl (C=O) groups excluding carboxylic acids is 3. The molecule has 7 nitrogen and oxygen atoms in total. The minimum Gasteiger partial charge on any atom is -0.444 e. The molecule has 34 heavy (non-hydrogen) atoms. The lowest BCUT2D eigenvalue weighted by molar-refractivity contribution is -0.138. The summed E-state index contributed by atoms with van der Waals surface area (Å²) in [7, 11) is 1.54. The van der Waals surface area contributed by atoms with Crippen LogP contribution in [0.3, 0.4) is 0 Å². The standard InChI is InChI=1S/C26H34ClN3O4/c1-15-11-9-13-19(17(15)3)22(23(31)29-21-16(2)12-10-14-20(21)27)30(8)24(32)18(4)28-25(33)34-26(5,6)7/h9-14,18,22H,1-8H3,(H,28,33)(H,29,31). The molecule has 0 aromatic heterocycles. The molecule has 184 valence electrons. The van der Waals surface area contributed by atoms with Crippen molar-refractivity contribution in [3.05, 3.63) is 63.7 Å². The van der Waals surface area contributed by atoms with E-state index in [1.807, 2.05) is 45.0 Å². The van der Waals surface area contributed by atoms with Gasteiger partial charge < -0.3 is 20.3 Å². The molecule has 2 rings (SSSR count). The van der Waals surface area contributed by atoms with Crippen molar-refractivity contribution in [1.29, 1.82) is 0 Å². The fourth-order valence-electron chi connectivity index (χ4n) is 3.56. The van der Waals surface area contributed by atoms with Gasteiger partial charge in [-0.2, -0.15) is 0 Å². The van der Waals surface area contributed by atoms with Gasteiger partial charge in [-0.3, -0.25) is 9.59 Å². The van der Waals surface area contributed by atoms with Gasteiger partial charge >= 0.3 is 6.09 Å². The summed E-state index contributed by atoms with van der Waals surface area (Å²) in [5.74, 6) is -0.854. The lowest BCUT2D eigenvalue weighted by atomic mass is 9.95. The summed E-state index contributed by atoms with van der Waals surface area (Å²) < 4.78 is 5.26. The van der Waals surface area contributed by atoms with Crippen LogP contribution in [0.15, 0.2) is 36.4 Å². The molecule has 0 heterocycles. The summed E-state index contributed by atoms with van der Waals surface area (Å²) >= 11 is 6.33. The minimum absolute atomic E-state index is 0.405. The normalized spacial score (nSPS) is 13.0. The van der Waals surface area contributed by atoms with Crippen LogP contribution in [0.4, 0.5) is 10.5 Å². The van der Waals surface area contributed by atoms with Crippen molar-refractivity contribution in [3.8, 4) is 0 Å². The Hall–Kier alpha value is -3.06. The topological polar surface area (TPSA) is 87.7 Å². The maximum atomic E-state index is 13.6. The first kappa shape index (κ1) is 27.2. The number of nitrogens with zero attached hydrogens (tertiary/aromatic N) is 1. The molecule has 0 aliphatic carbocycles. The Morgan fingerprint density at radius 3 is 2.18 bits per heavy atom. The van der Waals surface area contributed by atoms with Gasteiger partial charge in [-0.25, -0.2) is 4.79 Å². The number of anilines is 1. The van der Waals surface area contributed by atoms with E-state index in [-0.39, 0.29) is 0 Å². The molecule has 0 radical (unpaired) electrons. The first-order valence-corrected chi connectivity index (χ1v) is 11.5. The molecule has 2 aromatic rings. The molecule has 2 atom stereocenters. The van der Waals surface area contributed by atoms with E-state index in [2.05, 4.69) is 10.6 Å². The minimum atomic E-state index is -0.953. The molecule has 0 saturated heterocycles. The first-order valence-electron chi connectivity index (χ1n) is 11.1. The summed E-state index contributed by atoms with van der Waals surface area (Å²) in [6.45, 7) is 12.5. The predicted molar refractivity (Wildman–Crippen MR) is 135 cm³/mol. The molecule has 3 amide bonds. The highest BCUT2D eigenvalue weighted by molar-refractivity contribution is 6.34. The third-order valence-corrected chi connectivity index (χ3v) is 5.81. The van der Waals surface area contributed by atoms with Gasteiger partial charge in [0.15, 0.2) is 0 Å². The second-order valence-electron chi connectivity index (χ2n) is 9.43. The summed E-state index contributed by atoms with van der Waals surface area (Å²) in [6, 6.07) is 9.08. The molecule has 0 fully saturated rings. The van der Waals surface area contributed by atoms with E-state index in [1.165, 1.54) is 4.90 Å². The van der Waals surface area contributed by atoms with E-state index in [4.69, 9.17) is 16.3 Å². The number of amides is 3. The summed E-state index contributed by atoms with van der Waals surface area (Å²) in [4.78, 5) is 40.4. The second kappa shape index (κ2) is 10.9. The average molecular weight is 488 g/mol. The van der Waals surface area contributed by atoms with Crippen molar-refractivity contribution in [1.82, 2.24) is 10.2 Å². The van der Waals surface area contributed by atoms with Crippen LogP contribution in [-0.2, 0) is 14.3 Å². The maximum Gasteiger partial charge on any atom is 0.408 e. The summed E-state index contributed by atoms with van der Waals surface area (Å²) in [5.41, 5.74) is 3.16. The van der Waals surface area contributed by atoms with Crippen molar-refractivity contribution < 1.29 is 19.1 Å². The molecule has 0 bridgehead atoms. The highest BCUT2D eigenvalue weighted by Gasteiger charge is 2.33. The molecule has 0 aliphatic rings. The molecule has 2 unspecified atom stereocenters. The Bertz CT molecular complexity index is 1060. The number of likely N-dealkylation sites (N-methyl/N-ethyl adjacent to an activating group) is 1. The van der Waals surface area contributed by atoms with E-state index in [0.717, 1.165) is 16.7 Å². The van der Waals surface area contributed by atoms with Gasteiger partial charge in [-0.05, 0) is 76.8 Å². The van der Waals surface area contributed by atoms with Gasteiger partial charge in [-0.1, -0.05) is 41.9 Å². The van der Waals surface area contributed by atoms with Crippen molar-refractivity contribution in [2.45, 2.75) is 66.2 Å². The fourth-order valence-corrected chi connectivity index (χ4v) is 3.83. The van der Waals surface area contributed by atoms with Crippen LogP contribution < -0.4 is 10.6 Å². The lowest BCUT2D eigenvalue weighted by Gasteiger charge is -2.31. The number of benzene rings is 2. The summed E-state index contributed by atoms with van der Waals surface area (Å²) in [6.07, 6.45) is -0.707. The molecule has 2 aromatic carbocycles. The van der Waals surface area contributed by atoms with Crippen molar-refractivity contribution in [2.24, 2.45) is 0 Å². The van der Waals surface area contributed by atoms with E-state index in [1.54, 1.807) is 46.9 Å².